The summed E-state index contributed by atoms with van der Waals surface area (Å²) in [5.41, 5.74) is 2.41. The Morgan fingerprint density at radius 3 is 2.80 bits per heavy atom. The maximum absolute atomic E-state index is 4.35. The van der Waals surface area contributed by atoms with E-state index in [1.165, 1.54) is 12.1 Å². The van der Waals surface area contributed by atoms with Crippen molar-refractivity contribution in [2.24, 2.45) is 0 Å². The number of aromatic nitrogens is 1. The molecule has 0 spiro atoms. The Bertz CT molecular complexity index is 541. The van der Waals surface area contributed by atoms with Gasteiger partial charge in [0.2, 0.25) is 0 Å². The molecule has 1 aliphatic heterocycles. The minimum Gasteiger partial charge on any atom is -0.370 e. The van der Waals surface area contributed by atoms with Gasteiger partial charge in [0.1, 0.15) is 0 Å². The van der Waals surface area contributed by atoms with E-state index in [1.807, 2.05) is 18.3 Å². The fraction of sp³-hybridized carbons (Fsp3) is 0.312. The van der Waals surface area contributed by atoms with E-state index < -0.39 is 0 Å². The monoisotopic (exact) mass is 331 g/mol. The normalized spacial score (nSPS) is 18.4. The number of rotatable bonds is 4. The molecule has 20 heavy (non-hydrogen) atoms. The minimum atomic E-state index is 0.542. The molecule has 1 unspecified atom stereocenters. The lowest BCUT2D eigenvalue weighted by Crippen LogP contribution is -2.32. The molecule has 2 aromatic rings. The molecule has 0 saturated carbocycles. The van der Waals surface area contributed by atoms with E-state index in [-0.39, 0.29) is 0 Å². The summed E-state index contributed by atoms with van der Waals surface area (Å²) in [5.74, 6) is 0. The zero-order valence-corrected chi connectivity index (χ0v) is 12.9. The predicted molar refractivity (Wildman–Crippen MR) is 85.8 cm³/mol. The standard InChI is InChI=1S/C16H18BrN3/c17-13-4-6-16(7-5-13)20-10-8-15(12-20)19-11-14-3-1-2-9-18-14/h1-7,9,15,19H,8,10-12H2. The lowest BCUT2D eigenvalue weighted by atomic mass is 10.2. The molecule has 1 fully saturated rings. The molecule has 4 heteroatoms. The maximum atomic E-state index is 4.35. The molecule has 0 aliphatic carbocycles. The first-order valence-corrected chi connectivity index (χ1v) is 7.74. The van der Waals surface area contributed by atoms with Crippen LogP contribution in [0.15, 0.2) is 53.1 Å². The summed E-state index contributed by atoms with van der Waals surface area (Å²) in [4.78, 5) is 6.78. The molecule has 0 radical (unpaired) electrons. The number of halogens is 1. The SMILES string of the molecule is Brc1ccc(N2CCC(NCc3ccccn3)C2)cc1. The highest BCUT2D eigenvalue weighted by Gasteiger charge is 2.22. The molecule has 3 nitrogen and oxygen atoms in total. The summed E-state index contributed by atoms with van der Waals surface area (Å²) in [6.07, 6.45) is 3.03. The maximum Gasteiger partial charge on any atom is 0.0541 e. The van der Waals surface area contributed by atoms with Gasteiger partial charge in [0, 0.05) is 42.0 Å². The fourth-order valence-electron chi connectivity index (χ4n) is 2.56. The van der Waals surface area contributed by atoms with Gasteiger partial charge < -0.3 is 10.2 Å². The van der Waals surface area contributed by atoms with Gasteiger partial charge in [-0.25, -0.2) is 0 Å². The van der Waals surface area contributed by atoms with Gasteiger partial charge in [0.05, 0.1) is 5.69 Å². The third kappa shape index (κ3) is 3.38. The summed E-state index contributed by atoms with van der Waals surface area (Å²) < 4.78 is 1.13. The molecule has 2 heterocycles. The van der Waals surface area contributed by atoms with Gasteiger partial charge in [-0.2, -0.15) is 0 Å². The highest BCUT2D eigenvalue weighted by molar-refractivity contribution is 9.10. The van der Waals surface area contributed by atoms with E-state index >= 15 is 0 Å². The molecule has 3 rings (SSSR count). The molecule has 104 valence electrons. The van der Waals surface area contributed by atoms with Crippen LogP contribution in [0.25, 0.3) is 0 Å². The van der Waals surface area contributed by atoms with Gasteiger partial charge in [-0.1, -0.05) is 22.0 Å². The van der Waals surface area contributed by atoms with Crippen molar-refractivity contribution in [3.8, 4) is 0 Å². The Kier molecular flexibility index (Phi) is 4.33. The van der Waals surface area contributed by atoms with Gasteiger partial charge in [-0.3, -0.25) is 4.98 Å². The first kappa shape index (κ1) is 13.6. The average Bonchev–Trinajstić information content (AvgIpc) is 2.96. The third-order valence-electron chi connectivity index (χ3n) is 3.68. The summed E-state index contributed by atoms with van der Waals surface area (Å²) in [6.45, 7) is 3.02. The topological polar surface area (TPSA) is 28.2 Å². The Balaban J connectivity index is 1.53. The van der Waals surface area contributed by atoms with Crippen LogP contribution < -0.4 is 10.2 Å². The van der Waals surface area contributed by atoms with Crippen molar-refractivity contribution in [2.45, 2.75) is 19.0 Å². The van der Waals surface area contributed by atoms with Crippen LogP contribution in [0.5, 0.6) is 0 Å². The van der Waals surface area contributed by atoms with Crippen LogP contribution in [-0.4, -0.2) is 24.1 Å². The average molecular weight is 332 g/mol. The first-order valence-electron chi connectivity index (χ1n) is 6.95. The van der Waals surface area contributed by atoms with E-state index in [4.69, 9.17) is 0 Å². The van der Waals surface area contributed by atoms with Gasteiger partial charge in [-0.15, -0.1) is 0 Å². The van der Waals surface area contributed by atoms with Crippen LogP contribution in [0.1, 0.15) is 12.1 Å². The molecule has 1 aromatic heterocycles. The minimum absolute atomic E-state index is 0.542. The number of anilines is 1. The van der Waals surface area contributed by atoms with Crippen LogP contribution in [0.3, 0.4) is 0 Å². The summed E-state index contributed by atoms with van der Waals surface area (Å²) in [5, 5.41) is 3.60. The second-order valence-corrected chi connectivity index (χ2v) is 6.03. The van der Waals surface area contributed by atoms with Gasteiger partial charge in [-0.05, 0) is 42.8 Å². The van der Waals surface area contributed by atoms with E-state index in [0.717, 1.165) is 29.8 Å². The van der Waals surface area contributed by atoms with E-state index in [0.29, 0.717) is 6.04 Å². The zero-order chi connectivity index (χ0) is 13.8. The fourth-order valence-corrected chi connectivity index (χ4v) is 2.83. The van der Waals surface area contributed by atoms with Crippen LogP contribution in [0.4, 0.5) is 5.69 Å². The van der Waals surface area contributed by atoms with Crippen LogP contribution >= 0.6 is 15.9 Å². The molecule has 0 amide bonds. The molecule has 1 saturated heterocycles. The largest absolute Gasteiger partial charge is 0.370 e. The van der Waals surface area contributed by atoms with Crippen molar-refractivity contribution in [1.82, 2.24) is 10.3 Å². The van der Waals surface area contributed by atoms with Crippen LogP contribution in [-0.2, 0) is 6.54 Å². The Labute approximate surface area is 128 Å². The molecule has 1 aliphatic rings. The van der Waals surface area contributed by atoms with Crippen molar-refractivity contribution < 1.29 is 0 Å². The number of nitrogens with one attached hydrogen (secondary N) is 1. The molecular formula is C16H18BrN3. The number of nitrogens with zero attached hydrogens (tertiary/aromatic N) is 2. The van der Waals surface area contributed by atoms with E-state index in [1.54, 1.807) is 0 Å². The number of benzene rings is 1. The highest BCUT2D eigenvalue weighted by atomic mass is 79.9. The second kappa shape index (κ2) is 6.37. The van der Waals surface area contributed by atoms with Crippen molar-refractivity contribution in [1.29, 1.82) is 0 Å². The Hall–Kier alpha value is -1.39. The van der Waals surface area contributed by atoms with E-state index in [9.17, 15) is 0 Å². The summed E-state index contributed by atoms with van der Waals surface area (Å²) in [7, 11) is 0. The van der Waals surface area contributed by atoms with Crippen molar-refractivity contribution >= 4 is 21.6 Å². The predicted octanol–water partition coefficient (Wildman–Crippen LogP) is 3.21. The smallest absolute Gasteiger partial charge is 0.0541 e. The zero-order valence-electron chi connectivity index (χ0n) is 11.3. The Morgan fingerprint density at radius 1 is 1.20 bits per heavy atom. The quantitative estimate of drug-likeness (QED) is 0.932. The van der Waals surface area contributed by atoms with Crippen molar-refractivity contribution in [3.05, 3.63) is 58.8 Å². The number of hydrogen-bond donors (Lipinski definition) is 1. The van der Waals surface area contributed by atoms with Crippen LogP contribution in [0.2, 0.25) is 0 Å². The van der Waals surface area contributed by atoms with Crippen molar-refractivity contribution in [2.75, 3.05) is 18.0 Å². The molecular weight excluding hydrogens is 314 g/mol. The molecule has 0 bridgehead atoms. The van der Waals surface area contributed by atoms with Crippen LogP contribution in [0, 0.1) is 0 Å². The third-order valence-corrected chi connectivity index (χ3v) is 4.21. The van der Waals surface area contributed by atoms with Gasteiger partial charge in [0.15, 0.2) is 0 Å². The second-order valence-electron chi connectivity index (χ2n) is 5.11. The lowest BCUT2D eigenvalue weighted by Gasteiger charge is -2.19. The summed E-state index contributed by atoms with van der Waals surface area (Å²) in [6, 6.07) is 15.1. The van der Waals surface area contributed by atoms with Gasteiger partial charge >= 0.3 is 0 Å². The number of pyridine rings is 1. The Morgan fingerprint density at radius 2 is 2.05 bits per heavy atom. The van der Waals surface area contributed by atoms with Crippen molar-refractivity contribution in [3.63, 3.8) is 0 Å². The molecule has 1 aromatic carbocycles. The van der Waals surface area contributed by atoms with Gasteiger partial charge in [0.25, 0.3) is 0 Å². The van der Waals surface area contributed by atoms with E-state index in [2.05, 4.69) is 61.5 Å². The molecule has 1 atom stereocenters. The molecule has 1 N–H and O–H groups in total. The number of hydrogen-bond acceptors (Lipinski definition) is 3. The highest BCUT2D eigenvalue weighted by Crippen LogP contribution is 2.22. The summed E-state index contributed by atoms with van der Waals surface area (Å²) >= 11 is 3.48. The lowest BCUT2D eigenvalue weighted by molar-refractivity contribution is 0.546. The first-order chi connectivity index (χ1) is 9.81.